The van der Waals surface area contributed by atoms with Crippen LogP contribution in [-0.4, -0.2) is 11.1 Å². The molecule has 0 aromatic heterocycles. The first-order valence-corrected chi connectivity index (χ1v) is 4.99. The van der Waals surface area contributed by atoms with Crippen molar-refractivity contribution < 1.29 is 9.90 Å². The summed E-state index contributed by atoms with van der Waals surface area (Å²) >= 11 is 11.5. The van der Waals surface area contributed by atoms with Crippen LogP contribution in [-0.2, 0) is 17.1 Å². The lowest BCUT2D eigenvalue weighted by Gasteiger charge is -2.08. The van der Waals surface area contributed by atoms with E-state index in [-0.39, 0.29) is 22.9 Å². The van der Waals surface area contributed by atoms with Gasteiger partial charge in [-0.15, -0.1) is 11.6 Å². The van der Waals surface area contributed by atoms with Crippen LogP contribution in [0.5, 0.6) is 0 Å². The SMILES string of the molecule is N#Cc1ccc(CCl)c(CC(=O)O)c1Cl. The summed E-state index contributed by atoms with van der Waals surface area (Å²) in [6, 6.07) is 5.05. The third-order valence-electron chi connectivity index (χ3n) is 1.93. The number of nitrogens with zero attached hydrogens (tertiary/aromatic N) is 1. The Morgan fingerprint density at radius 2 is 2.20 bits per heavy atom. The van der Waals surface area contributed by atoms with Gasteiger partial charge in [0.15, 0.2) is 0 Å². The van der Waals surface area contributed by atoms with Gasteiger partial charge in [0.25, 0.3) is 0 Å². The molecule has 1 N–H and O–H groups in total. The lowest BCUT2D eigenvalue weighted by molar-refractivity contribution is -0.136. The summed E-state index contributed by atoms with van der Waals surface area (Å²) < 4.78 is 0. The molecule has 0 fully saturated rings. The van der Waals surface area contributed by atoms with Crippen LogP contribution in [0, 0.1) is 11.3 Å². The van der Waals surface area contributed by atoms with E-state index in [1.807, 2.05) is 6.07 Å². The van der Waals surface area contributed by atoms with Gasteiger partial charge in [-0.3, -0.25) is 4.79 Å². The lowest BCUT2D eigenvalue weighted by Crippen LogP contribution is -2.04. The second-order valence-corrected chi connectivity index (χ2v) is 3.53. The van der Waals surface area contributed by atoms with E-state index in [0.717, 1.165) is 0 Å². The molecule has 0 spiro atoms. The van der Waals surface area contributed by atoms with Crippen LogP contribution in [0.25, 0.3) is 0 Å². The minimum absolute atomic E-state index is 0.175. The van der Waals surface area contributed by atoms with E-state index in [2.05, 4.69) is 0 Å². The fourth-order valence-corrected chi connectivity index (χ4v) is 1.76. The number of alkyl halides is 1. The average molecular weight is 244 g/mol. The maximum Gasteiger partial charge on any atom is 0.307 e. The Bertz CT molecular complexity index is 438. The second-order valence-electron chi connectivity index (χ2n) is 2.88. The van der Waals surface area contributed by atoms with Crippen LogP contribution >= 0.6 is 23.2 Å². The molecule has 78 valence electrons. The molecule has 0 bridgehead atoms. The van der Waals surface area contributed by atoms with Crippen molar-refractivity contribution in [3.63, 3.8) is 0 Å². The molecule has 0 heterocycles. The molecule has 0 amide bonds. The maximum absolute atomic E-state index is 10.6. The monoisotopic (exact) mass is 243 g/mol. The van der Waals surface area contributed by atoms with Crippen LogP contribution < -0.4 is 0 Å². The Morgan fingerprint density at radius 3 is 2.67 bits per heavy atom. The molecule has 0 aliphatic heterocycles. The number of aliphatic carboxylic acids is 1. The summed E-state index contributed by atoms with van der Waals surface area (Å²) in [5, 5.41) is 17.6. The van der Waals surface area contributed by atoms with E-state index >= 15 is 0 Å². The second kappa shape index (κ2) is 5.01. The number of carboxylic acids is 1. The van der Waals surface area contributed by atoms with Gasteiger partial charge >= 0.3 is 5.97 Å². The number of halogens is 2. The minimum Gasteiger partial charge on any atom is -0.481 e. The van der Waals surface area contributed by atoms with Gasteiger partial charge < -0.3 is 5.11 Å². The summed E-state index contributed by atoms with van der Waals surface area (Å²) in [5.74, 6) is -0.827. The van der Waals surface area contributed by atoms with E-state index < -0.39 is 5.97 Å². The Hall–Kier alpha value is -1.24. The molecule has 0 saturated heterocycles. The smallest absolute Gasteiger partial charge is 0.307 e. The molecule has 0 atom stereocenters. The third kappa shape index (κ3) is 2.62. The van der Waals surface area contributed by atoms with Gasteiger partial charge in [-0.25, -0.2) is 0 Å². The first-order chi connectivity index (χ1) is 7.10. The summed E-state index contributed by atoms with van der Waals surface area (Å²) in [5.41, 5.74) is 1.32. The summed E-state index contributed by atoms with van der Waals surface area (Å²) in [4.78, 5) is 10.6. The van der Waals surface area contributed by atoms with Crippen LogP contribution in [0.2, 0.25) is 5.02 Å². The predicted octanol–water partition coefficient (Wildman–Crippen LogP) is 2.58. The van der Waals surface area contributed by atoms with Crippen LogP contribution in [0.3, 0.4) is 0 Å². The Labute approximate surface area is 96.8 Å². The number of carboxylic acid groups (broad SMARTS) is 1. The van der Waals surface area contributed by atoms with Gasteiger partial charge in [0.2, 0.25) is 0 Å². The number of nitriles is 1. The maximum atomic E-state index is 10.6. The zero-order valence-electron chi connectivity index (χ0n) is 7.63. The van der Waals surface area contributed by atoms with E-state index in [1.165, 1.54) is 6.07 Å². The molecule has 0 unspecified atom stereocenters. The van der Waals surface area contributed by atoms with Gasteiger partial charge in [-0.2, -0.15) is 5.26 Å². The van der Waals surface area contributed by atoms with Crippen LogP contribution in [0.1, 0.15) is 16.7 Å². The summed E-state index contributed by atoms with van der Waals surface area (Å²) in [6.07, 6.45) is -0.226. The van der Waals surface area contributed by atoms with E-state index in [4.69, 9.17) is 33.6 Å². The topological polar surface area (TPSA) is 61.1 Å². The first-order valence-electron chi connectivity index (χ1n) is 4.08. The lowest BCUT2D eigenvalue weighted by atomic mass is 10.0. The number of benzene rings is 1. The highest BCUT2D eigenvalue weighted by atomic mass is 35.5. The number of hydrogen-bond acceptors (Lipinski definition) is 2. The Kier molecular flexibility index (Phi) is 3.96. The molecule has 0 aliphatic rings. The minimum atomic E-state index is -1.00. The first kappa shape index (κ1) is 11.8. The molecule has 0 aliphatic carbocycles. The van der Waals surface area contributed by atoms with E-state index in [0.29, 0.717) is 11.1 Å². The van der Waals surface area contributed by atoms with Crippen molar-refractivity contribution >= 4 is 29.2 Å². The van der Waals surface area contributed by atoms with Gasteiger partial charge in [0.05, 0.1) is 17.0 Å². The molecule has 1 aromatic carbocycles. The Balaban J connectivity index is 3.30. The summed E-state index contributed by atoms with van der Waals surface area (Å²) in [6.45, 7) is 0. The van der Waals surface area contributed by atoms with Crippen molar-refractivity contribution in [3.05, 3.63) is 33.8 Å². The van der Waals surface area contributed by atoms with Crippen molar-refractivity contribution in [1.29, 1.82) is 5.26 Å². The molecular weight excluding hydrogens is 237 g/mol. The van der Waals surface area contributed by atoms with Crippen molar-refractivity contribution in [2.75, 3.05) is 0 Å². The zero-order chi connectivity index (χ0) is 11.4. The average Bonchev–Trinajstić information content (AvgIpc) is 2.20. The number of rotatable bonds is 3. The predicted molar refractivity (Wildman–Crippen MR) is 57.1 cm³/mol. The van der Waals surface area contributed by atoms with E-state index in [1.54, 1.807) is 6.07 Å². The van der Waals surface area contributed by atoms with Crippen LogP contribution in [0.4, 0.5) is 0 Å². The summed E-state index contributed by atoms with van der Waals surface area (Å²) in [7, 11) is 0. The fourth-order valence-electron chi connectivity index (χ4n) is 1.22. The van der Waals surface area contributed by atoms with Crippen LogP contribution in [0.15, 0.2) is 12.1 Å². The molecule has 1 aromatic rings. The highest BCUT2D eigenvalue weighted by Gasteiger charge is 2.13. The van der Waals surface area contributed by atoms with Crippen molar-refractivity contribution in [1.82, 2.24) is 0 Å². The largest absolute Gasteiger partial charge is 0.481 e. The van der Waals surface area contributed by atoms with Crippen molar-refractivity contribution in [2.45, 2.75) is 12.3 Å². The fraction of sp³-hybridized carbons (Fsp3) is 0.200. The third-order valence-corrected chi connectivity index (χ3v) is 2.65. The molecule has 1 rings (SSSR count). The van der Waals surface area contributed by atoms with Crippen molar-refractivity contribution in [2.24, 2.45) is 0 Å². The van der Waals surface area contributed by atoms with Gasteiger partial charge in [0.1, 0.15) is 6.07 Å². The quantitative estimate of drug-likeness (QED) is 0.831. The molecule has 0 saturated carbocycles. The number of hydrogen-bond donors (Lipinski definition) is 1. The van der Waals surface area contributed by atoms with Crippen molar-refractivity contribution in [3.8, 4) is 6.07 Å². The Morgan fingerprint density at radius 1 is 1.53 bits per heavy atom. The van der Waals surface area contributed by atoms with E-state index in [9.17, 15) is 4.79 Å². The molecular formula is C10H7Cl2NO2. The molecule has 3 nitrogen and oxygen atoms in total. The number of carbonyl (C=O) groups is 1. The molecule has 0 radical (unpaired) electrons. The zero-order valence-corrected chi connectivity index (χ0v) is 9.14. The molecule has 15 heavy (non-hydrogen) atoms. The highest BCUT2D eigenvalue weighted by molar-refractivity contribution is 6.33. The van der Waals surface area contributed by atoms with Gasteiger partial charge in [0, 0.05) is 5.88 Å². The highest BCUT2D eigenvalue weighted by Crippen LogP contribution is 2.26. The van der Waals surface area contributed by atoms with Gasteiger partial charge in [-0.1, -0.05) is 17.7 Å². The standard InChI is InChI=1S/C10H7Cl2NO2/c11-4-6-1-2-7(5-13)10(12)8(6)3-9(14)15/h1-2H,3-4H2,(H,14,15). The van der Waals surface area contributed by atoms with Gasteiger partial charge in [-0.05, 0) is 17.2 Å². The molecule has 5 heteroatoms. The normalized spacial score (nSPS) is 9.67.